The second kappa shape index (κ2) is 4.97. The third-order valence-corrected chi connectivity index (χ3v) is 4.01. The summed E-state index contributed by atoms with van der Waals surface area (Å²) in [6.07, 6.45) is 1.73. The molecule has 0 atom stereocenters. The highest BCUT2D eigenvalue weighted by Gasteiger charge is 2.19. The molecule has 0 spiro atoms. The molecule has 1 aliphatic heterocycles. The first kappa shape index (κ1) is 12.9. The van der Waals surface area contributed by atoms with E-state index in [9.17, 15) is 8.42 Å². The minimum atomic E-state index is -3.80. The molecule has 6 heteroatoms. The van der Waals surface area contributed by atoms with Crippen LogP contribution in [0.2, 0.25) is 0 Å². The second-order valence-electron chi connectivity index (χ2n) is 4.37. The summed E-state index contributed by atoms with van der Waals surface area (Å²) in [6, 6.07) is 6.49. The molecule has 1 fully saturated rings. The Kier molecular flexibility index (Phi) is 3.56. The monoisotopic (exact) mass is 268 g/mol. The lowest BCUT2D eigenvalue weighted by Crippen LogP contribution is -2.19. The Bertz CT molecular complexity index is 549. The summed E-state index contributed by atoms with van der Waals surface area (Å²) in [7, 11) is -1.93. The Morgan fingerprint density at radius 3 is 2.50 bits per heavy atom. The summed E-state index contributed by atoms with van der Waals surface area (Å²) in [5, 5.41) is 3.73. The molecule has 0 bridgehead atoms. The molecule has 5 nitrogen and oxygen atoms in total. The highest BCUT2D eigenvalue weighted by Crippen LogP contribution is 2.15. The van der Waals surface area contributed by atoms with Crippen molar-refractivity contribution in [2.45, 2.75) is 24.7 Å². The molecule has 1 aliphatic rings. The van der Waals surface area contributed by atoms with Gasteiger partial charge in [0, 0.05) is 20.0 Å². The van der Waals surface area contributed by atoms with Crippen LogP contribution >= 0.6 is 0 Å². The van der Waals surface area contributed by atoms with Crippen molar-refractivity contribution in [1.82, 2.24) is 4.90 Å². The molecule has 1 heterocycles. The zero-order valence-corrected chi connectivity index (χ0v) is 11.3. The normalized spacial score (nSPS) is 18.3. The lowest BCUT2D eigenvalue weighted by Gasteiger charge is -2.10. The van der Waals surface area contributed by atoms with Crippen LogP contribution < -0.4 is 0 Å². The maximum atomic E-state index is 11.9. The van der Waals surface area contributed by atoms with Crippen molar-refractivity contribution in [3.63, 3.8) is 0 Å². The number of nitrogens with zero attached hydrogens (tertiary/aromatic N) is 2. The van der Waals surface area contributed by atoms with E-state index in [-0.39, 0.29) is 4.90 Å². The molecular formula is C12H16N2O3S. The number of aryl methyl sites for hydroxylation is 1. The van der Waals surface area contributed by atoms with E-state index in [4.69, 9.17) is 4.28 Å². The van der Waals surface area contributed by atoms with Gasteiger partial charge in [-0.2, -0.15) is 8.42 Å². The van der Waals surface area contributed by atoms with Crippen LogP contribution in [-0.4, -0.2) is 32.7 Å². The quantitative estimate of drug-likeness (QED) is 0.783. The Morgan fingerprint density at radius 2 is 1.94 bits per heavy atom. The lowest BCUT2D eigenvalue weighted by molar-refractivity contribution is 0.330. The Morgan fingerprint density at radius 1 is 1.28 bits per heavy atom. The molecule has 0 N–H and O–H groups in total. The van der Waals surface area contributed by atoms with Crippen LogP contribution in [-0.2, 0) is 14.4 Å². The Hall–Kier alpha value is -1.56. The van der Waals surface area contributed by atoms with E-state index in [0.29, 0.717) is 5.84 Å². The molecular weight excluding hydrogens is 252 g/mol. The lowest BCUT2D eigenvalue weighted by atomic mass is 10.2. The summed E-state index contributed by atoms with van der Waals surface area (Å²) in [6.45, 7) is 2.78. The van der Waals surface area contributed by atoms with Gasteiger partial charge >= 0.3 is 10.1 Å². The van der Waals surface area contributed by atoms with Gasteiger partial charge in [0.2, 0.25) is 0 Å². The van der Waals surface area contributed by atoms with Crippen LogP contribution in [0, 0.1) is 6.92 Å². The fraction of sp³-hybridized carbons (Fsp3) is 0.417. The maximum absolute atomic E-state index is 11.9. The smallest absolute Gasteiger partial charge is 0.358 e. The maximum Gasteiger partial charge on any atom is 0.358 e. The van der Waals surface area contributed by atoms with Crippen molar-refractivity contribution in [2.75, 3.05) is 13.6 Å². The van der Waals surface area contributed by atoms with Crippen molar-refractivity contribution >= 4 is 16.0 Å². The van der Waals surface area contributed by atoms with Crippen molar-refractivity contribution < 1.29 is 12.7 Å². The summed E-state index contributed by atoms with van der Waals surface area (Å²) >= 11 is 0. The Balaban J connectivity index is 2.15. The van der Waals surface area contributed by atoms with Gasteiger partial charge in [0.15, 0.2) is 0 Å². The van der Waals surface area contributed by atoms with Crippen LogP contribution in [0.25, 0.3) is 0 Å². The van der Waals surface area contributed by atoms with Gasteiger partial charge in [-0.25, -0.2) is 0 Å². The topological polar surface area (TPSA) is 59.0 Å². The van der Waals surface area contributed by atoms with Gasteiger partial charge in [-0.1, -0.05) is 22.9 Å². The fourth-order valence-electron chi connectivity index (χ4n) is 1.75. The predicted molar refractivity (Wildman–Crippen MR) is 68.7 cm³/mol. The molecule has 0 saturated carbocycles. The number of rotatable bonds is 3. The zero-order chi connectivity index (χ0) is 13.2. The summed E-state index contributed by atoms with van der Waals surface area (Å²) in [4.78, 5) is 2.02. The Labute approximate surface area is 107 Å². The molecule has 0 amide bonds. The van der Waals surface area contributed by atoms with Crippen molar-refractivity contribution in [3.8, 4) is 0 Å². The van der Waals surface area contributed by atoms with Gasteiger partial charge in [-0.05, 0) is 25.5 Å². The summed E-state index contributed by atoms with van der Waals surface area (Å²) < 4.78 is 28.4. The minimum Gasteiger partial charge on any atom is -0.360 e. The number of likely N-dealkylation sites (tertiary alicyclic amines) is 1. The molecule has 2 rings (SSSR count). The number of amidine groups is 1. The van der Waals surface area contributed by atoms with E-state index < -0.39 is 10.1 Å². The average Bonchev–Trinajstić information content (AvgIpc) is 2.73. The first-order valence-electron chi connectivity index (χ1n) is 5.77. The third kappa shape index (κ3) is 2.81. The predicted octanol–water partition coefficient (Wildman–Crippen LogP) is 1.74. The van der Waals surface area contributed by atoms with Gasteiger partial charge in [0.25, 0.3) is 0 Å². The van der Waals surface area contributed by atoms with E-state index in [1.54, 1.807) is 12.1 Å². The van der Waals surface area contributed by atoms with Gasteiger partial charge in [-0.15, -0.1) is 0 Å². The van der Waals surface area contributed by atoms with Crippen molar-refractivity contribution in [2.24, 2.45) is 5.16 Å². The molecule has 1 aromatic rings. The van der Waals surface area contributed by atoms with Gasteiger partial charge in [0.05, 0.1) is 0 Å². The van der Waals surface area contributed by atoms with Crippen molar-refractivity contribution in [1.29, 1.82) is 0 Å². The second-order valence-corrected chi connectivity index (χ2v) is 5.90. The number of hydrogen-bond donors (Lipinski definition) is 0. The van der Waals surface area contributed by atoms with Crippen LogP contribution in [0.1, 0.15) is 18.4 Å². The van der Waals surface area contributed by atoms with Crippen LogP contribution in [0.3, 0.4) is 0 Å². The standard InChI is InChI=1S/C12H16N2O3S/c1-10-5-7-11(8-6-10)18(15,16)17-13-12-4-3-9-14(12)2/h5-8H,3-4,9H2,1-2H3. The number of benzene rings is 1. The number of oxime groups is 1. The molecule has 98 valence electrons. The van der Waals surface area contributed by atoms with E-state index >= 15 is 0 Å². The summed E-state index contributed by atoms with van der Waals surface area (Å²) in [5.74, 6) is 0.672. The van der Waals surface area contributed by atoms with Gasteiger partial charge < -0.3 is 4.90 Å². The molecule has 1 aromatic carbocycles. The molecule has 18 heavy (non-hydrogen) atoms. The average molecular weight is 268 g/mol. The number of hydrogen-bond acceptors (Lipinski definition) is 4. The van der Waals surface area contributed by atoms with Crippen LogP contribution in [0.5, 0.6) is 0 Å². The zero-order valence-electron chi connectivity index (χ0n) is 10.5. The van der Waals surface area contributed by atoms with Crippen LogP contribution in [0.15, 0.2) is 34.3 Å². The van der Waals surface area contributed by atoms with Gasteiger partial charge in [-0.3, -0.25) is 4.28 Å². The third-order valence-electron chi connectivity index (χ3n) is 2.88. The first-order valence-corrected chi connectivity index (χ1v) is 7.18. The van der Waals surface area contributed by atoms with E-state index in [2.05, 4.69) is 5.16 Å². The first-order chi connectivity index (χ1) is 8.49. The summed E-state index contributed by atoms with van der Waals surface area (Å²) in [5.41, 5.74) is 0.996. The molecule has 0 unspecified atom stereocenters. The highest BCUT2D eigenvalue weighted by molar-refractivity contribution is 7.86. The van der Waals surface area contributed by atoms with E-state index in [1.165, 1.54) is 12.1 Å². The molecule has 0 radical (unpaired) electrons. The minimum absolute atomic E-state index is 0.123. The largest absolute Gasteiger partial charge is 0.360 e. The van der Waals surface area contributed by atoms with Gasteiger partial charge in [0.1, 0.15) is 10.7 Å². The fourth-order valence-corrected chi connectivity index (χ4v) is 2.49. The highest BCUT2D eigenvalue weighted by atomic mass is 32.2. The SMILES string of the molecule is Cc1ccc(S(=O)(=O)ON=C2CCCN2C)cc1. The molecule has 0 aliphatic carbocycles. The van der Waals surface area contributed by atoms with E-state index in [0.717, 1.165) is 24.9 Å². The van der Waals surface area contributed by atoms with Crippen molar-refractivity contribution in [3.05, 3.63) is 29.8 Å². The van der Waals surface area contributed by atoms with Crippen LogP contribution in [0.4, 0.5) is 0 Å². The molecule has 1 saturated heterocycles. The molecule has 0 aromatic heterocycles. The van der Waals surface area contributed by atoms with E-state index in [1.807, 2.05) is 18.9 Å².